The molecule has 0 bridgehead atoms. The summed E-state index contributed by atoms with van der Waals surface area (Å²) in [6.45, 7) is 8.33. The normalized spacial score (nSPS) is 10.7. The van der Waals surface area contributed by atoms with Crippen molar-refractivity contribution in [3.8, 4) is 5.75 Å². The molecule has 0 aliphatic rings. The van der Waals surface area contributed by atoms with Crippen LogP contribution in [-0.4, -0.2) is 12.8 Å². The molecule has 20 heavy (non-hydrogen) atoms. The van der Waals surface area contributed by atoms with Crippen molar-refractivity contribution in [2.24, 2.45) is 4.99 Å². The van der Waals surface area contributed by atoms with Crippen LogP contribution in [0.15, 0.2) is 60.1 Å². The van der Waals surface area contributed by atoms with E-state index >= 15 is 0 Å². The van der Waals surface area contributed by atoms with Gasteiger partial charge in [0.05, 0.1) is 5.69 Å². The molecule has 0 saturated heterocycles. The molecule has 102 valence electrons. The summed E-state index contributed by atoms with van der Waals surface area (Å²) < 4.78 is 5.62. The van der Waals surface area contributed by atoms with E-state index in [2.05, 4.69) is 31.5 Å². The van der Waals surface area contributed by atoms with Gasteiger partial charge < -0.3 is 4.74 Å². The lowest BCUT2D eigenvalue weighted by atomic mass is 10.1. The third-order valence-electron chi connectivity index (χ3n) is 3.19. The first-order chi connectivity index (χ1) is 9.72. The van der Waals surface area contributed by atoms with Gasteiger partial charge in [0, 0.05) is 11.8 Å². The van der Waals surface area contributed by atoms with Crippen LogP contribution < -0.4 is 4.74 Å². The zero-order chi connectivity index (χ0) is 14.4. The summed E-state index contributed by atoms with van der Waals surface area (Å²) in [6, 6.07) is 14.0. The number of ether oxygens (including phenoxy) is 1. The van der Waals surface area contributed by atoms with E-state index < -0.39 is 0 Å². The highest BCUT2D eigenvalue weighted by Crippen LogP contribution is 2.22. The third kappa shape index (κ3) is 3.35. The van der Waals surface area contributed by atoms with Crippen LogP contribution in [-0.2, 0) is 0 Å². The van der Waals surface area contributed by atoms with Crippen molar-refractivity contribution < 1.29 is 4.74 Å². The highest BCUT2D eigenvalue weighted by Gasteiger charge is 2.01. The Morgan fingerprint density at radius 3 is 2.70 bits per heavy atom. The molecule has 0 amide bonds. The predicted octanol–water partition coefficient (Wildman–Crippen LogP) is 4.62. The average molecular weight is 265 g/mol. The van der Waals surface area contributed by atoms with Crippen LogP contribution in [0.5, 0.6) is 5.75 Å². The number of benzene rings is 2. The van der Waals surface area contributed by atoms with Crippen LogP contribution >= 0.6 is 0 Å². The van der Waals surface area contributed by atoms with Gasteiger partial charge in [0.2, 0.25) is 0 Å². The molecule has 0 aliphatic heterocycles. The summed E-state index contributed by atoms with van der Waals surface area (Å²) in [5.74, 6) is 0.821. The van der Waals surface area contributed by atoms with Gasteiger partial charge in [-0.15, -0.1) is 0 Å². The standard InChI is InChI=1S/C18H19NO/c1-4-12-20-18-11-6-5-9-16(18)13-19-17-10-7-8-14(2)15(17)3/h4-11,13H,1,12H2,2-3H3. The van der Waals surface area contributed by atoms with E-state index in [1.807, 2.05) is 42.6 Å². The van der Waals surface area contributed by atoms with Gasteiger partial charge in [0.25, 0.3) is 0 Å². The zero-order valence-corrected chi connectivity index (χ0v) is 12.0. The first-order valence-electron chi connectivity index (χ1n) is 6.65. The summed E-state index contributed by atoms with van der Waals surface area (Å²) >= 11 is 0. The van der Waals surface area contributed by atoms with Crippen molar-refractivity contribution >= 4 is 11.9 Å². The van der Waals surface area contributed by atoms with Crippen molar-refractivity contribution in [2.75, 3.05) is 6.61 Å². The second kappa shape index (κ2) is 6.71. The van der Waals surface area contributed by atoms with Gasteiger partial charge in [-0.3, -0.25) is 4.99 Å². The molecule has 0 unspecified atom stereocenters. The number of hydrogen-bond acceptors (Lipinski definition) is 2. The molecule has 2 rings (SSSR count). The van der Waals surface area contributed by atoms with Gasteiger partial charge in [-0.25, -0.2) is 0 Å². The van der Waals surface area contributed by atoms with Crippen LogP contribution in [0.25, 0.3) is 0 Å². The van der Waals surface area contributed by atoms with E-state index in [-0.39, 0.29) is 0 Å². The number of aliphatic imine (C=N–C) groups is 1. The lowest BCUT2D eigenvalue weighted by molar-refractivity contribution is 0.363. The lowest BCUT2D eigenvalue weighted by Crippen LogP contribution is -1.96. The highest BCUT2D eigenvalue weighted by molar-refractivity contribution is 5.85. The minimum atomic E-state index is 0.494. The Morgan fingerprint density at radius 2 is 1.90 bits per heavy atom. The van der Waals surface area contributed by atoms with Gasteiger partial charge in [-0.1, -0.05) is 36.9 Å². The van der Waals surface area contributed by atoms with Gasteiger partial charge >= 0.3 is 0 Å². The van der Waals surface area contributed by atoms with Gasteiger partial charge in [-0.2, -0.15) is 0 Å². The van der Waals surface area contributed by atoms with Crippen LogP contribution in [0, 0.1) is 13.8 Å². The molecule has 0 N–H and O–H groups in total. The summed E-state index contributed by atoms with van der Waals surface area (Å²) in [4.78, 5) is 4.57. The van der Waals surface area contributed by atoms with Crippen molar-refractivity contribution in [3.63, 3.8) is 0 Å². The Kier molecular flexibility index (Phi) is 4.72. The smallest absolute Gasteiger partial charge is 0.128 e. The van der Waals surface area contributed by atoms with Crippen LogP contribution in [0.1, 0.15) is 16.7 Å². The zero-order valence-electron chi connectivity index (χ0n) is 12.0. The molecule has 0 aliphatic carbocycles. The van der Waals surface area contributed by atoms with Crippen LogP contribution in [0.2, 0.25) is 0 Å². The number of hydrogen-bond donors (Lipinski definition) is 0. The van der Waals surface area contributed by atoms with E-state index in [0.717, 1.165) is 17.0 Å². The summed E-state index contributed by atoms with van der Waals surface area (Å²) in [7, 11) is 0. The highest BCUT2D eigenvalue weighted by atomic mass is 16.5. The molecule has 0 spiro atoms. The maximum Gasteiger partial charge on any atom is 0.128 e. The molecule has 0 fully saturated rings. The van der Waals surface area contributed by atoms with Crippen LogP contribution in [0.3, 0.4) is 0 Å². The monoisotopic (exact) mass is 265 g/mol. The number of rotatable bonds is 5. The molecule has 0 aromatic heterocycles. The molecular formula is C18H19NO. The Bertz CT molecular complexity index is 629. The van der Waals surface area contributed by atoms with Crippen molar-refractivity contribution in [3.05, 3.63) is 71.8 Å². The summed E-state index contributed by atoms with van der Waals surface area (Å²) in [5.41, 5.74) is 4.41. The molecule has 0 atom stereocenters. The third-order valence-corrected chi connectivity index (χ3v) is 3.19. The SMILES string of the molecule is C=CCOc1ccccc1C=Nc1cccc(C)c1C. The maximum absolute atomic E-state index is 5.62. The minimum Gasteiger partial charge on any atom is -0.489 e. The van der Waals surface area contributed by atoms with Gasteiger partial charge in [0.1, 0.15) is 12.4 Å². The quantitative estimate of drug-likeness (QED) is 0.571. The lowest BCUT2D eigenvalue weighted by Gasteiger charge is -2.07. The first kappa shape index (κ1) is 14.1. The van der Waals surface area contributed by atoms with E-state index in [1.54, 1.807) is 6.08 Å². The predicted molar refractivity (Wildman–Crippen MR) is 85.3 cm³/mol. The fraction of sp³-hybridized carbons (Fsp3) is 0.167. The second-order valence-electron chi connectivity index (χ2n) is 4.61. The van der Waals surface area contributed by atoms with Crippen molar-refractivity contribution in [2.45, 2.75) is 13.8 Å². The van der Waals surface area contributed by atoms with Crippen molar-refractivity contribution in [1.82, 2.24) is 0 Å². The summed E-state index contributed by atoms with van der Waals surface area (Å²) in [5, 5.41) is 0. The Labute approximate surface area is 120 Å². The van der Waals surface area contributed by atoms with E-state index in [0.29, 0.717) is 6.61 Å². The number of aryl methyl sites for hydroxylation is 1. The molecule has 0 radical (unpaired) electrons. The maximum atomic E-state index is 5.62. The fourth-order valence-electron chi connectivity index (χ4n) is 1.88. The van der Waals surface area contributed by atoms with E-state index in [1.165, 1.54) is 11.1 Å². The van der Waals surface area contributed by atoms with E-state index in [9.17, 15) is 0 Å². The minimum absolute atomic E-state index is 0.494. The van der Waals surface area contributed by atoms with Gasteiger partial charge in [-0.05, 0) is 43.2 Å². The molecule has 2 aromatic carbocycles. The fourth-order valence-corrected chi connectivity index (χ4v) is 1.88. The molecule has 2 nitrogen and oxygen atoms in total. The number of para-hydroxylation sites is 1. The largest absolute Gasteiger partial charge is 0.489 e. The first-order valence-corrected chi connectivity index (χ1v) is 6.65. The molecule has 0 heterocycles. The van der Waals surface area contributed by atoms with Crippen molar-refractivity contribution in [1.29, 1.82) is 0 Å². The Morgan fingerprint density at radius 1 is 1.10 bits per heavy atom. The van der Waals surface area contributed by atoms with Crippen LogP contribution in [0.4, 0.5) is 5.69 Å². The molecular weight excluding hydrogens is 246 g/mol. The van der Waals surface area contributed by atoms with E-state index in [4.69, 9.17) is 4.74 Å². The average Bonchev–Trinajstić information content (AvgIpc) is 2.47. The summed E-state index contributed by atoms with van der Waals surface area (Å²) in [6.07, 6.45) is 3.58. The molecule has 2 heteroatoms. The Balaban J connectivity index is 2.27. The molecule has 2 aromatic rings. The number of nitrogens with zero attached hydrogens (tertiary/aromatic N) is 1. The topological polar surface area (TPSA) is 21.6 Å². The molecule has 0 saturated carbocycles. The Hall–Kier alpha value is -2.35. The second-order valence-corrected chi connectivity index (χ2v) is 4.61. The van der Waals surface area contributed by atoms with Gasteiger partial charge in [0.15, 0.2) is 0 Å².